The molecule has 1 aromatic carbocycles. The number of fused-ring (bicyclic) bond motifs is 1. The number of piperidine rings is 1. The highest BCUT2D eigenvalue weighted by molar-refractivity contribution is 7.84. The molecule has 4 rings (SSSR count). The number of aryl methyl sites for hydroxylation is 1. The van der Waals surface area contributed by atoms with E-state index >= 15 is 0 Å². The Morgan fingerprint density at radius 2 is 2.10 bits per heavy atom. The Bertz CT molecular complexity index is 1070. The van der Waals surface area contributed by atoms with E-state index in [9.17, 15) is 18.6 Å². The van der Waals surface area contributed by atoms with Crippen LogP contribution in [0.1, 0.15) is 38.5 Å². The van der Waals surface area contributed by atoms with E-state index in [1.165, 1.54) is 16.2 Å². The van der Waals surface area contributed by atoms with Crippen molar-refractivity contribution in [1.82, 2.24) is 14.9 Å². The number of amides is 3. The summed E-state index contributed by atoms with van der Waals surface area (Å²) in [6.45, 7) is 2.54. The molecule has 3 heterocycles. The molecular formula is C19H19ClN4O4S2. The normalized spacial score (nSPS) is 19.6. The number of anilines is 1. The second kappa shape index (κ2) is 8.46. The first-order valence-corrected chi connectivity index (χ1v) is 11.6. The number of hydrogen-bond donors (Lipinski definition) is 3. The van der Waals surface area contributed by atoms with Crippen molar-refractivity contribution in [2.24, 2.45) is 0 Å². The molecule has 158 valence electrons. The monoisotopic (exact) mass is 466 g/mol. The number of halogens is 1. The van der Waals surface area contributed by atoms with Crippen LogP contribution in [0.5, 0.6) is 0 Å². The molecule has 3 amide bonds. The average Bonchev–Trinajstić information content (AvgIpc) is 3.22. The highest BCUT2D eigenvalue weighted by atomic mass is 35.5. The molecule has 30 heavy (non-hydrogen) atoms. The van der Waals surface area contributed by atoms with Gasteiger partial charge in [-0.3, -0.25) is 24.4 Å². The zero-order valence-corrected chi connectivity index (χ0v) is 18.4. The Morgan fingerprint density at radius 1 is 1.30 bits per heavy atom. The number of nitrogens with zero attached hydrogens (tertiary/aromatic N) is 1. The molecule has 2 unspecified atom stereocenters. The summed E-state index contributed by atoms with van der Waals surface area (Å²) in [5.74, 6) is -0.931. The lowest BCUT2D eigenvalue weighted by atomic mass is 10.0. The molecule has 3 N–H and O–H groups in total. The van der Waals surface area contributed by atoms with E-state index in [0.717, 1.165) is 16.0 Å². The maximum Gasteiger partial charge on any atom is 0.265 e. The maximum atomic E-state index is 12.7. The standard InChI is InChI=1S/C19H19ClN4O4S2/c1-10-2-3-12(7-14(10)20)23-30(28)21-8-13-6-11-9-24(19(27)17(11)29-13)15-4-5-16(25)22-18(15)26/h2-3,6-7,15,21,23H,4-5,8-9H2,1H3,(H,22,25,26). The summed E-state index contributed by atoms with van der Waals surface area (Å²) in [5, 5.41) is 2.88. The number of hydrogen-bond acceptors (Lipinski definition) is 5. The molecule has 0 radical (unpaired) electrons. The number of nitrogens with one attached hydrogen (secondary N) is 3. The quantitative estimate of drug-likeness (QED) is 0.567. The fourth-order valence-electron chi connectivity index (χ4n) is 3.42. The van der Waals surface area contributed by atoms with Gasteiger partial charge in [0.2, 0.25) is 11.8 Å². The van der Waals surface area contributed by atoms with Crippen molar-refractivity contribution in [3.63, 3.8) is 0 Å². The van der Waals surface area contributed by atoms with Crippen LogP contribution in [0.3, 0.4) is 0 Å². The van der Waals surface area contributed by atoms with Gasteiger partial charge >= 0.3 is 0 Å². The zero-order valence-electron chi connectivity index (χ0n) is 16.0. The molecule has 2 atom stereocenters. The first-order chi connectivity index (χ1) is 14.3. The summed E-state index contributed by atoms with van der Waals surface area (Å²) in [7, 11) is 0. The van der Waals surface area contributed by atoms with Crippen molar-refractivity contribution < 1.29 is 18.6 Å². The number of benzene rings is 1. The van der Waals surface area contributed by atoms with Crippen LogP contribution in [-0.4, -0.2) is 32.9 Å². The Balaban J connectivity index is 1.34. The van der Waals surface area contributed by atoms with Gasteiger partial charge < -0.3 is 4.90 Å². The Kier molecular flexibility index (Phi) is 5.92. The predicted octanol–water partition coefficient (Wildman–Crippen LogP) is 2.25. The maximum absolute atomic E-state index is 12.7. The summed E-state index contributed by atoms with van der Waals surface area (Å²) < 4.78 is 18.0. The second-order valence-corrected chi connectivity index (χ2v) is 9.70. The van der Waals surface area contributed by atoms with Gasteiger partial charge in [-0.2, -0.15) is 0 Å². The van der Waals surface area contributed by atoms with E-state index in [1.807, 2.05) is 19.1 Å². The van der Waals surface area contributed by atoms with Gasteiger partial charge in [0.05, 0.1) is 4.88 Å². The molecule has 2 aliphatic heterocycles. The summed E-state index contributed by atoms with van der Waals surface area (Å²) in [4.78, 5) is 39.1. The van der Waals surface area contributed by atoms with Crippen LogP contribution in [0.4, 0.5) is 5.69 Å². The molecule has 11 heteroatoms. The van der Waals surface area contributed by atoms with E-state index in [2.05, 4.69) is 14.8 Å². The molecule has 2 aliphatic rings. The molecule has 2 aromatic rings. The third kappa shape index (κ3) is 4.27. The molecule has 1 fully saturated rings. The second-order valence-electron chi connectivity index (χ2n) is 7.12. The van der Waals surface area contributed by atoms with Crippen molar-refractivity contribution in [1.29, 1.82) is 0 Å². The van der Waals surface area contributed by atoms with Crippen LogP contribution in [0, 0.1) is 6.92 Å². The minimum absolute atomic E-state index is 0.204. The van der Waals surface area contributed by atoms with Gasteiger partial charge in [-0.1, -0.05) is 17.7 Å². The number of rotatable bonds is 6. The molecule has 0 saturated carbocycles. The highest BCUT2D eigenvalue weighted by Crippen LogP contribution is 2.33. The molecular weight excluding hydrogens is 448 g/mol. The van der Waals surface area contributed by atoms with Gasteiger partial charge in [-0.15, -0.1) is 11.3 Å². The first-order valence-electron chi connectivity index (χ1n) is 9.26. The van der Waals surface area contributed by atoms with Gasteiger partial charge in [-0.05, 0) is 42.7 Å². The minimum atomic E-state index is -1.53. The van der Waals surface area contributed by atoms with Gasteiger partial charge in [0, 0.05) is 35.1 Å². The Hall–Kier alpha value is -2.27. The number of thiophene rings is 1. The highest BCUT2D eigenvalue weighted by Gasteiger charge is 2.40. The first kappa shape index (κ1) is 21.0. The van der Waals surface area contributed by atoms with E-state index in [-0.39, 0.29) is 18.2 Å². The molecule has 1 aromatic heterocycles. The summed E-state index contributed by atoms with van der Waals surface area (Å²) in [5.41, 5.74) is 2.42. The topological polar surface area (TPSA) is 108 Å². The van der Waals surface area contributed by atoms with E-state index in [1.54, 1.807) is 12.1 Å². The lowest BCUT2D eigenvalue weighted by Gasteiger charge is -2.29. The van der Waals surface area contributed by atoms with Crippen LogP contribution in [0.15, 0.2) is 24.3 Å². The lowest BCUT2D eigenvalue weighted by molar-refractivity contribution is -0.136. The smallest absolute Gasteiger partial charge is 0.265 e. The molecule has 0 spiro atoms. The molecule has 8 nitrogen and oxygen atoms in total. The van der Waals surface area contributed by atoms with Crippen LogP contribution in [0.25, 0.3) is 0 Å². The fourth-order valence-corrected chi connectivity index (χ4v) is 5.46. The third-order valence-corrected chi connectivity index (χ3v) is 7.40. The lowest BCUT2D eigenvalue weighted by Crippen LogP contribution is -2.52. The summed E-state index contributed by atoms with van der Waals surface area (Å²) in [6, 6.07) is 6.61. The van der Waals surface area contributed by atoms with Crippen molar-refractivity contribution in [3.8, 4) is 0 Å². The van der Waals surface area contributed by atoms with Crippen molar-refractivity contribution in [3.05, 3.63) is 50.2 Å². The summed E-state index contributed by atoms with van der Waals surface area (Å²) in [6.07, 6.45) is 0.571. The van der Waals surface area contributed by atoms with E-state index in [4.69, 9.17) is 11.6 Å². The van der Waals surface area contributed by atoms with Crippen molar-refractivity contribution >= 4 is 57.5 Å². The summed E-state index contributed by atoms with van der Waals surface area (Å²) >= 11 is 5.86. The van der Waals surface area contributed by atoms with Crippen LogP contribution >= 0.6 is 22.9 Å². The van der Waals surface area contributed by atoms with E-state index < -0.39 is 23.1 Å². The minimum Gasteiger partial charge on any atom is -0.321 e. The van der Waals surface area contributed by atoms with Crippen molar-refractivity contribution in [2.45, 2.75) is 38.9 Å². The predicted molar refractivity (Wildman–Crippen MR) is 115 cm³/mol. The Labute approximate surface area is 184 Å². The fraction of sp³-hybridized carbons (Fsp3) is 0.316. The third-order valence-electron chi connectivity index (χ3n) is 5.00. The van der Waals surface area contributed by atoms with Gasteiger partial charge in [0.15, 0.2) is 11.2 Å². The molecule has 0 aliphatic carbocycles. The van der Waals surface area contributed by atoms with Gasteiger partial charge in [0.1, 0.15) is 6.04 Å². The van der Waals surface area contributed by atoms with Crippen LogP contribution in [-0.2, 0) is 33.9 Å². The molecule has 1 saturated heterocycles. The SMILES string of the molecule is Cc1ccc(NS(=O)NCc2cc3c(s2)C(=O)N(C2CCC(=O)NC2=O)C3)cc1Cl. The van der Waals surface area contributed by atoms with Crippen molar-refractivity contribution in [2.75, 3.05) is 4.72 Å². The number of imide groups is 1. The van der Waals surface area contributed by atoms with Crippen LogP contribution < -0.4 is 14.8 Å². The Morgan fingerprint density at radius 3 is 2.80 bits per heavy atom. The number of carbonyl (C=O) groups is 3. The van der Waals surface area contributed by atoms with Gasteiger partial charge in [-0.25, -0.2) is 8.93 Å². The average molecular weight is 467 g/mol. The van der Waals surface area contributed by atoms with E-state index in [0.29, 0.717) is 35.1 Å². The number of carbonyl (C=O) groups excluding carboxylic acids is 3. The largest absolute Gasteiger partial charge is 0.321 e. The molecule has 0 bridgehead atoms. The van der Waals surface area contributed by atoms with Crippen LogP contribution in [0.2, 0.25) is 5.02 Å². The zero-order chi connectivity index (χ0) is 21.4. The van der Waals surface area contributed by atoms with Gasteiger partial charge in [0.25, 0.3) is 5.91 Å².